The summed E-state index contributed by atoms with van der Waals surface area (Å²) in [6.45, 7) is 0. The summed E-state index contributed by atoms with van der Waals surface area (Å²) in [5, 5.41) is 0.730. The van der Waals surface area contributed by atoms with Gasteiger partial charge in [-0.25, -0.2) is 4.39 Å². The highest BCUT2D eigenvalue weighted by molar-refractivity contribution is 8.05. The molecule has 1 aliphatic rings. The van der Waals surface area contributed by atoms with E-state index in [1.165, 1.54) is 18.2 Å². The lowest BCUT2D eigenvalue weighted by Crippen LogP contribution is -1.56. The number of halogens is 2. The van der Waals surface area contributed by atoms with Crippen molar-refractivity contribution in [3.05, 3.63) is 34.6 Å². The molecule has 0 aromatic rings. The third kappa shape index (κ3) is 2.01. The lowest BCUT2D eigenvalue weighted by atomic mass is 10.4. The van der Waals surface area contributed by atoms with Crippen molar-refractivity contribution in [2.75, 3.05) is 0 Å². The molecule has 0 unspecified atom stereocenters. The van der Waals surface area contributed by atoms with Crippen molar-refractivity contribution in [1.82, 2.24) is 0 Å². The van der Waals surface area contributed by atoms with E-state index in [2.05, 4.69) is 0 Å². The van der Waals surface area contributed by atoms with E-state index < -0.39 is 5.83 Å². The van der Waals surface area contributed by atoms with E-state index in [0.717, 1.165) is 17.2 Å². The summed E-state index contributed by atoms with van der Waals surface area (Å²) in [6, 6.07) is 0. The Morgan fingerprint density at radius 2 is 2.11 bits per heavy atom. The second kappa shape index (κ2) is 2.82. The zero-order valence-corrected chi connectivity index (χ0v) is 5.29. The van der Waals surface area contributed by atoms with Crippen LogP contribution in [0.1, 0.15) is 0 Å². The number of allylic oxidation sites excluding steroid dienone is 4. The number of hydrogen-bond donors (Lipinski definition) is 0. The molecule has 0 saturated carbocycles. The summed E-state index contributed by atoms with van der Waals surface area (Å²) >= 11 is 0.742. The molecule has 0 fully saturated rings. The normalized spacial score (nSPS) is 18.4. The van der Waals surface area contributed by atoms with Crippen molar-refractivity contribution in [2.24, 2.45) is 0 Å². The van der Waals surface area contributed by atoms with Gasteiger partial charge in [-0.3, -0.25) is 0 Å². The maximum absolute atomic E-state index is 12.2. The van der Waals surface area contributed by atoms with Crippen LogP contribution in [-0.2, 0) is 0 Å². The summed E-state index contributed by atoms with van der Waals surface area (Å²) in [4.78, 5) is 0. The van der Waals surface area contributed by atoms with E-state index in [1.807, 2.05) is 0 Å². The first-order valence-corrected chi connectivity index (χ1v) is 3.23. The first-order chi connectivity index (χ1) is 4.29. The van der Waals surface area contributed by atoms with Crippen molar-refractivity contribution < 1.29 is 8.78 Å². The van der Waals surface area contributed by atoms with E-state index in [1.54, 1.807) is 0 Å². The van der Waals surface area contributed by atoms with Gasteiger partial charge in [-0.2, -0.15) is 4.39 Å². The van der Waals surface area contributed by atoms with Gasteiger partial charge in [0, 0.05) is 5.41 Å². The maximum Gasteiger partial charge on any atom is 0.160 e. The van der Waals surface area contributed by atoms with E-state index >= 15 is 0 Å². The molecule has 0 nitrogen and oxygen atoms in total. The monoisotopic (exact) mass is 146 g/mol. The average Bonchev–Trinajstić information content (AvgIpc) is 1.97. The van der Waals surface area contributed by atoms with Crippen LogP contribution in [-0.4, -0.2) is 0 Å². The van der Waals surface area contributed by atoms with E-state index in [0.29, 0.717) is 0 Å². The molecule has 0 bridgehead atoms. The van der Waals surface area contributed by atoms with Crippen molar-refractivity contribution >= 4 is 11.8 Å². The summed E-state index contributed by atoms with van der Waals surface area (Å²) in [6.07, 6.45) is 3.76. The van der Waals surface area contributed by atoms with Gasteiger partial charge in [0.25, 0.3) is 0 Å². The molecule has 0 radical (unpaired) electrons. The molecular weight excluding hydrogens is 142 g/mol. The molecule has 0 saturated heterocycles. The summed E-state index contributed by atoms with van der Waals surface area (Å²) in [7, 11) is 0. The van der Waals surface area contributed by atoms with Crippen LogP contribution < -0.4 is 0 Å². The highest BCUT2D eigenvalue weighted by Crippen LogP contribution is 2.23. The zero-order valence-electron chi connectivity index (χ0n) is 4.47. The highest BCUT2D eigenvalue weighted by atomic mass is 32.2. The van der Waals surface area contributed by atoms with Crippen LogP contribution >= 0.6 is 11.8 Å². The third-order valence-corrected chi connectivity index (χ3v) is 1.47. The fourth-order valence-corrected chi connectivity index (χ4v) is 0.868. The predicted octanol–water partition coefficient (Wildman–Crippen LogP) is 2.91. The molecule has 1 aliphatic heterocycles. The molecule has 0 amide bonds. The van der Waals surface area contributed by atoms with Crippen LogP contribution in [0.15, 0.2) is 34.6 Å². The Balaban J connectivity index is 2.75. The Labute approximate surface area is 55.9 Å². The Morgan fingerprint density at radius 1 is 1.33 bits per heavy atom. The van der Waals surface area contributed by atoms with Gasteiger partial charge < -0.3 is 0 Å². The molecular formula is C6H4F2S. The molecule has 3 heteroatoms. The standard InChI is InChI=1S/C6H4F2S/c7-5-2-1-3-6(8)9-4-5/h1-4H. The lowest BCUT2D eigenvalue weighted by molar-refractivity contribution is 0.670. The maximum atomic E-state index is 12.2. The van der Waals surface area contributed by atoms with Gasteiger partial charge in [0.1, 0.15) is 5.83 Å². The van der Waals surface area contributed by atoms with Gasteiger partial charge in [0.05, 0.1) is 0 Å². The Bertz CT molecular complexity index is 188. The van der Waals surface area contributed by atoms with Gasteiger partial charge in [0.15, 0.2) is 5.16 Å². The second-order valence-corrected chi connectivity index (χ2v) is 2.31. The van der Waals surface area contributed by atoms with Crippen molar-refractivity contribution in [2.45, 2.75) is 0 Å². The van der Waals surface area contributed by atoms with Crippen LogP contribution in [0, 0.1) is 0 Å². The van der Waals surface area contributed by atoms with Crippen LogP contribution in [0.4, 0.5) is 8.78 Å². The Hall–Kier alpha value is -0.570. The van der Waals surface area contributed by atoms with Crippen LogP contribution in [0.2, 0.25) is 0 Å². The minimum Gasteiger partial charge on any atom is -0.206 e. The van der Waals surface area contributed by atoms with Gasteiger partial charge >= 0.3 is 0 Å². The molecule has 1 heterocycles. The molecule has 0 atom stereocenters. The lowest BCUT2D eigenvalue weighted by Gasteiger charge is -1.82. The first-order valence-electron chi connectivity index (χ1n) is 2.35. The fourth-order valence-electron chi connectivity index (χ4n) is 0.407. The smallest absolute Gasteiger partial charge is 0.160 e. The van der Waals surface area contributed by atoms with Crippen molar-refractivity contribution in [3.63, 3.8) is 0 Å². The van der Waals surface area contributed by atoms with Gasteiger partial charge in [-0.15, -0.1) is 0 Å². The largest absolute Gasteiger partial charge is 0.206 e. The quantitative estimate of drug-likeness (QED) is 0.506. The highest BCUT2D eigenvalue weighted by Gasteiger charge is 1.96. The van der Waals surface area contributed by atoms with Gasteiger partial charge in [-0.05, 0) is 12.2 Å². The SMILES string of the molecule is FC1=CSC(F)=CC=C1. The molecule has 0 aliphatic carbocycles. The number of hydrogen-bond acceptors (Lipinski definition) is 1. The first kappa shape index (κ1) is 6.55. The van der Waals surface area contributed by atoms with E-state index in [9.17, 15) is 8.78 Å². The predicted molar refractivity (Wildman–Crippen MR) is 35.1 cm³/mol. The molecule has 1 rings (SSSR count). The zero-order chi connectivity index (χ0) is 6.69. The van der Waals surface area contributed by atoms with Crippen molar-refractivity contribution in [3.8, 4) is 0 Å². The topological polar surface area (TPSA) is 0 Å². The molecule has 0 spiro atoms. The minimum absolute atomic E-state index is 0.390. The molecule has 9 heavy (non-hydrogen) atoms. The van der Waals surface area contributed by atoms with Crippen molar-refractivity contribution in [1.29, 1.82) is 0 Å². The van der Waals surface area contributed by atoms with Gasteiger partial charge in [-0.1, -0.05) is 17.8 Å². The summed E-state index contributed by atoms with van der Waals surface area (Å²) < 4.78 is 24.3. The molecule has 0 N–H and O–H groups in total. The third-order valence-electron chi connectivity index (χ3n) is 0.767. The Kier molecular flexibility index (Phi) is 2.05. The summed E-state index contributed by atoms with van der Waals surface area (Å²) in [5.74, 6) is -0.413. The molecule has 48 valence electrons. The summed E-state index contributed by atoms with van der Waals surface area (Å²) in [5.41, 5.74) is 0. The Morgan fingerprint density at radius 3 is 2.89 bits per heavy atom. The van der Waals surface area contributed by atoms with Crippen LogP contribution in [0.3, 0.4) is 0 Å². The van der Waals surface area contributed by atoms with Gasteiger partial charge in [0.2, 0.25) is 0 Å². The van der Waals surface area contributed by atoms with Crippen LogP contribution in [0.5, 0.6) is 0 Å². The molecule has 0 aromatic heterocycles. The number of rotatable bonds is 0. The van der Waals surface area contributed by atoms with E-state index in [-0.39, 0.29) is 5.16 Å². The minimum atomic E-state index is -0.413. The molecule has 0 aromatic carbocycles. The average molecular weight is 146 g/mol. The van der Waals surface area contributed by atoms with Crippen LogP contribution in [0.25, 0.3) is 0 Å². The fraction of sp³-hybridized carbons (Fsp3) is 0. The number of thioether (sulfide) groups is 1. The van der Waals surface area contributed by atoms with E-state index in [4.69, 9.17) is 0 Å². The second-order valence-electron chi connectivity index (χ2n) is 1.45.